The number of aromatic amines is 1. The lowest BCUT2D eigenvalue weighted by Crippen LogP contribution is -2.34. The SMILES string of the molecule is CCC(C)CC(C)Nc1c(N)n(C)c(=O)[nH]c1=O. The topological polar surface area (TPSA) is 92.9 Å². The number of nitrogens with one attached hydrogen (secondary N) is 2. The van der Waals surface area contributed by atoms with Crippen LogP contribution in [-0.2, 0) is 7.05 Å². The van der Waals surface area contributed by atoms with Crippen molar-refractivity contribution >= 4 is 11.5 Å². The van der Waals surface area contributed by atoms with Gasteiger partial charge in [0.2, 0.25) is 0 Å². The van der Waals surface area contributed by atoms with E-state index in [1.54, 1.807) is 0 Å². The van der Waals surface area contributed by atoms with Crippen molar-refractivity contribution < 1.29 is 0 Å². The number of H-pyrrole nitrogens is 1. The minimum absolute atomic E-state index is 0.126. The maximum absolute atomic E-state index is 11.7. The monoisotopic (exact) mass is 254 g/mol. The second-order valence-electron chi connectivity index (χ2n) is 4.87. The Morgan fingerprint density at radius 1 is 1.39 bits per heavy atom. The molecule has 0 radical (unpaired) electrons. The van der Waals surface area contributed by atoms with Crippen LogP contribution in [0.5, 0.6) is 0 Å². The van der Waals surface area contributed by atoms with E-state index in [2.05, 4.69) is 24.1 Å². The van der Waals surface area contributed by atoms with Gasteiger partial charge in [-0.3, -0.25) is 14.3 Å². The van der Waals surface area contributed by atoms with Crippen LogP contribution in [0.25, 0.3) is 0 Å². The van der Waals surface area contributed by atoms with Crippen molar-refractivity contribution in [2.45, 2.75) is 39.7 Å². The largest absolute Gasteiger partial charge is 0.383 e. The zero-order valence-electron chi connectivity index (χ0n) is 11.4. The van der Waals surface area contributed by atoms with Crippen molar-refractivity contribution in [2.24, 2.45) is 13.0 Å². The molecule has 0 spiro atoms. The first-order chi connectivity index (χ1) is 8.36. The van der Waals surface area contributed by atoms with Gasteiger partial charge in [0.15, 0.2) is 0 Å². The van der Waals surface area contributed by atoms with E-state index in [1.807, 2.05) is 6.92 Å². The van der Waals surface area contributed by atoms with E-state index in [4.69, 9.17) is 5.73 Å². The van der Waals surface area contributed by atoms with Crippen LogP contribution in [0.15, 0.2) is 9.59 Å². The molecule has 0 bridgehead atoms. The number of hydrogen-bond acceptors (Lipinski definition) is 4. The van der Waals surface area contributed by atoms with Crippen LogP contribution in [0.4, 0.5) is 11.5 Å². The highest BCUT2D eigenvalue weighted by Crippen LogP contribution is 2.15. The number of hydrogen-bond donors (Lipinski definition) is 3. The van der Waals surface area contributed by atoms with E-state index in [1.165, 1.54) is 11.6 Å². The maximum Gasteiger partial charge on any atom is 0.329 e. The molecule has 0 aromatic carbocycles. The first kappa shape index (κ1) is 14.3. The summed E-state index contributed by atoms with van der Waals surface area (Å²) in [6.45, 7) is 6.29. The zero-order chi connectivity index (χ0) is 13.9. The number of nitrogens with two attached hydrogens (primary N) is 1. The summed E-state index contributed by atoms with van der Waals surface area (Å²) >= 11 is 0. The maximum atomic E-state index is 11.7. The molecule has 102 valence electrons. The van der Waals surface area contributed by atoms with Crippen LogP contribution >= 0.6 is 0 Å². The first-order valence-corrected chi connectivity index (χ1v) is 6.22. The van der Waals surface area contributed by atoms with Gasteiger partial charge in [-0.1, -0.05) is 20.3 Å². The molecule has 1 heterocycles. The van der Waals surface area contributed by atoms with Gasteiger partial charge in [0, 0.05) is 13.1 Å². The Hall–Kier alpha value is -1.72. The van der Waals surface area contributed by atoms with Gasteiger partial charge in [-0.15, -0.1) is 0 Å². The molecule has 1 aromatic rings. The first-order valence-electron chi connectivity index (χ1n) is 6.22. The normalized spacial score (nSPS) is 14.2. The Morgan fingerprint density at radius 3 is 2.56 bits per heavy atom. The van der Waals surface area contributed by atoms with Crippen LogP contribution in [0.1, 0.15) is 33.6 Å². The lowest BCUT2D eigenvalue weighted by Gasteiger charge is -2.19. The molecule has 0 saturated heterocycles. The molecule has 0 saturated carbocycles. The molecule has 4 N–H and O–H groups in total. The average Bonchev–Trinajstić information content (AvgIpc) is 2.31. The summed E-state index contributed by atoms with van der Waals surface area (Å²) in [7, 11) is 1.53. The van der Waals surface area contributed by atoms with Gasteiger partial charge in [-0.25, -0.2) is 4.79 Å². The third-order valence-electron chi connectivity index (χ3n) is 3.21. The Bertz CT molecular complexity index is 518. The number of nitrogens with zero attached hydrogens (tertiary/aromatic N) is 1. The van der Waals surface area contributed by atoms with Crippen LogP contribution in [0.3, 0.4) is 0 Å². The van der Waals surface area contributed by atoms with Crippen LogP contribution in [-0.4, -0.2) is 15.6 Å². The smallest absolute Gasteiger partial charge is 0.329 e. The van der Waals surface area contributed by atoms with Crippen LogP contribution < -0.4 is 22.3 Å². The van der Waals surface area contributed by atoms with Crippen molar-refractivity contribution in [3.63, 3.8) is 0 Å². The van der Waals surface area contributed by atoms with Crippen molar-refractivity contribution in [1.29, 1.82) is 0 Å². The van der Waals surface area contributed by atoms with Crippen LogP contribution in [0.2, 0.25) is 0 Å². The molecular formula is C12H22N4O2. The van der Waals surface area contributed by atoms with Crippen LogP contribution in [0, 0.1) is 5.92 Å². The van der Waals surface area contributed by atoms with Gasteiger partial charge in [0.25, 0.3) is 5.56 Å². The molecule has 1 rings (SSSR count). The minimum Gasteiger partial charge on any atom is -0.383 e. The van der Waals surface area contributed by atoms with E-state index in [0.717, 1.165) is 12.8 Å². The molecule has 6 heteroatoms. The molecule has 0 fully saturated rings. The molecule has 1 aromatic heterocycles. The fraction of sp³-hybridized carbons (Fsp3) is 0.667. The summed E-state index contributed by atoms with van der Waals surface area (Å²) in [5.41, 5.74) is 5.08. The fourth-order valence-corrected chi connectivity index (χ4v) is 1.85. The van der Waals surface area contributed by atoms with Gasteiger partial charge < -0.3 is 11.1 Å². The Morgan fingerprint density at radius 2 is 2.00 bits per heavy atom. The summed E-state index contributed by atoms with van der Waals surface area (Å²) in [6.07, 6.45) is 2.03. The zero-order valence-corrected chi connectivity index (χ0v) is 11.4. The third kappa shape index (κ3) is 3.15. The highest BCUT2D eigenvalue weighted by atomic mass is 16.2. The second kappa shape index (κ2) is 5.75. The van der Waals surface area contributed by atoms with E-state index in [9.17, 15) is 9.59 Å². The predicted molar refractivity (Wildman–Crippen MR) is 73.9 cm³/mol. The molecule has 0 aliphatic carbocycles. The van der Waals surface area contributed by atoms with Gasteiger partial charge in [-0.2, -0.15) is 0 Å². The lowest BCUT2D eigenvalue weighted by atomic mass is 10.0. The molecule has 6 nitrogen and oxygen atoms in total. The standard InChI is InChI=1S/C12H22N4O2/c1-5-7(2)6-8(3)14-9-10(13)16(4)12(18)15-11(9)17/h7-8,14H,5-6,13H2,1-4H3,(H,15,17,18). The number of nitrogen functional groups attached to an aromatic ring is 1. The van der Waals surface area contributed by atoms with E-state index < -0.39 is 11.2 Å². The Balaban J connectivity index is 2.95. The van der Waals surface area contributed by atoms with Gasteiger partial charge >= 0.3 is 5.69 Å². The predicted octanol–water partition coefficient (Wildman–Crippen LogP) is 0.892. The molecule has 18 heavy (non-hydrogen) atoms. The second-order valence-corrected chi connectivity index (χ2v) is 4.87. The summed E-state index contributed by atoms with van der Waals surface area (Å²) in [5, 5.41) is 3.08. The van der Waals surface area contributed by atoms with E-state index in [-0.39, 0.29) is 17.5 Å². The third-order valence-corrected chi connectivity index (χ3v) is 3.21. The van der Waals surface area contributed by atoms with E-state index in [0.29, 0.717) is 5.92 Å². The van der Waals surface area contributed by atoms with Crippen molar-refractivity contribution in [3.8, 4) is 0 Å². The number of aromatic nitrogens is 2. The summed E-state index contributed by atoms with van der Waals surface area (Å²) in [6, 6.07) is 0.126. The Labute approximate surface area is 106 Å². The number of rotatable bonds is 5. The summed E-state index contributed by atoms with van der Waals surface area (Å²) in [4.78, 5) is 25.2. The summed E-state index contributed by atoms with van der Waals surface area (Å²) in [5.74, 6) is 0.736. The van der Waals surface area contributed by atoms with Gasteiger partial charge in [-0.05, 0) is 19.3 Å². The molecule has 2 unspecified atom stereocenters. The molecule has 0 aliphatic rings. The van der Waals surface area contributed by atoms with Crippen molar-refractivity contribution in [3.05, 3.63) is 20.8 Å². The average molecular weight is 254 g/mol. The highest BCUT2D eigenvalue weighted by Gasteiger charge is 2.13. The fourth-order valence-electron chi connectivity index (χ4n) is 1.85. The van der Waals surface area contributed by atoms with Gasteiger partial charge in [0.1, 0.15) is 11.5 Å². The molecular weight excluding hydrogens is 232 g/mol. The molecule has 0 aliphatic heterocycles. The van der Waals surface area contributed by atoms with Crippen molar-refractivity contribution in [2.75, 3.05) is 11.1 Å². The number of anilines is 2. The molecule has 2 atom stereocenters. The van der Waals surface area contributed by atoms with Gasteiger partial charge in [0.05, 0.1) is 0 Å². The Kier molecular flexibility index (Phi) is 4.58. The van der Waals surface area contributed by atoms with Crippen molar-refractivity contribution in [1.82, 2.24) is 9.55 Å². The quantitative estimate of drug-likeness (QED) is 0.727. The minimum atomic E-state index is -0.502. The van der Waals surface area contributed by atoms with E-state index >= 15 is 0 Å². The lowest BCUT2D eigenvalue weighted by molar-refractivity contribution is 0.483. The summed E-state index contributed by atoms with van der Waals surface area (Å²) < 4.78 is 1.22. The molecule has 0 amide bonds. The highest BCUT2D eigenvalue weighted by molar-refractivity contribution is 5.60.